The molecule has 0 aliphatic heterocycles. The predicted octanol–water partition coefficient (Wildman–Crippen LogP) is 4.03. The van der Waals surface area contributed by atoms with Crippen LogP contribution in [0.1, 0.15) is 18.9 Å². The first-order valence-electron chi connectivity index (χ1n) is 9.07. The zero-order valence-electron chi connectivity index (χ0n) is 16.4. The van der Waals surface area contributed by atoms with Crippen LogP contribution in [0.2, 0.25) is 0 Å². The summed E-state index contributed by atoms with van der Waals surface area (Å²) in [6.07, 6.45) is 3.51. The number of hydrogen-bond acceptors (Lipinski definition) is 7. The van der Waals surface area contributed by atoms with Gasteiger partial charge in [-0.2, -0.15) is 5.26 Å². The number of hydrogen-bond donors (Lipinski definition) is 1. The van der Waals surface area contributed by atoms with Crippen LogP contribution in [0.15, 0.2) is 52.9 Å². The van der Waals surface area contributed by atoms with Gasteiger partial charge in [0, 0.05) is 6.26 Å². The largest absolute Gasteiger partial charge is 0.494 e. The Kier molecular flexibility index (Phi) is 6.50. The summed E-state index contributed by atoms with van der Waals surface area (Å²) in [6, 6.07) is 13.6. The molecule has 7 nitrogen and oxygen atoms in total. The Balaban J connectivity index is 1.78. The van der Waals surface area contributed by atoms with Crippen LogP contribution in [0, 0.1) is 11.3 Å². The lowest BCUT2D eigenvalue weighted by Gasteiger charge is -2.04. The fraction of sp³-hybridized carbons (Fsp3) is 0.190. The smallest absolute Gasteiger partial charge is 0.268 e. The Morgan fingerprint density at radius 1 is 1.27 bits per heavy atom. The van der Waals surface area contributed by atoms with Gasteiger partial charge < -0.3 is 4.74 Å². The van der Waals surface area contributed by atoms with Crippen LogP contribution in [0.3, 0.4) is 0 Å². The van der Waals surface area contributed by atoms with Gasteiger partial charge >= 0.3 is 0 Å². The van der Waals surface area contributed by atoms with E-state index in [0.717, 1.165) is 29.8 Å². The minimum atomic E-state index is -3.34. The van der Waals surface area contributed by atoms with Crippen molar-refractivity contribution in [2.24, 2.45) is 0 Å². The van der Waals surface area contributed by atoms with Gasteiger partial charge in [0.05, 0.1) is 21.7 Å². The van der Waals surface area contributed by atoms with Crippen LogP contribution in [0.5, 0.6) is 5.75 Å². The number of nitrogens with zero attached hydrogens (tertiary/aromatic N) is 2. The van der Waals surface area contributed by atoms with E-state index in [2.05, 4.69) is 10.3 Å². The van der Waals surface area contributed by atoms with Crippen molar-refractivity contribution in [1.29, 1.82) is 5.26 Å². The highest BCUT2D eigenvalue weighted by molar-refractivity contribution is 7.90. The van der Waals surface area contributed by atoms with Gasteiger partial charge in [0.2, 0.25) is 0 Å². The topological polar surface area (TPSA) is 109 Å². The summed E-state index contributed by atoms with van der Waals surface area (Å²) in [7, 11) is -3.34. The number of nitriles is 1. The molecule has 1 heterocycles. The second-order valence-electron chi connectivity index (χ2n) is 6.46. The van der Waals surface area contributed by atoms with Crippen molar-refractivity contribution in [2.75, 3.05) is 18.2 Å². The van der Waals surface area contributed by atoms with Crippen molar-refractivity contribution >= 4 is 48.5 Å². The maximum absolute atomic E-state index is 12.5. The third-order valence-corrected chi connectivity index (χ3v) is 6.08. The van der Waals surface area contributed by atoms with Crippen molar-refractivity contribution in [3.63, 3.8) is 0 Å². The SMILES string of the molecule is CCCOc1ccc(/C=C(\C#N)C(=O)Nc2nc3ccc(S(C)(=O)=O)cc3s2)cc1. The van der Waals surface area contributed by atoms with Crippen molar-refractivity contribution in [1.82, 2.24) is 4.98 Å². The van der Waals surface area contributed by atoms with Crippen LogP contribution in [-0.4, -0.2) is 32.2 Å². The number of fused-ring (bicyclic) bond motifs is 1. The lowest BCUT2D eigenvalue weighted by atomic mass is 10.1. The first-order chi connectivity index (χ1) is 14.3. The molecule has 0 aliphatic carbocycles. The highest BCUT2D eigenvalue weighted by atomic mass is 32.2. The highest BCUT2D eigenvalue weighted by Gasteiger charge is 2.14. The van der Waals surface area contributed by atoms with E-state index in [4.69, 9.17) is 4.74 Å². The van der Waals surface area contributed by atoms with E-state index in [9.17, 15) is 18.5 Å². The van der Waals surface area contributed by atoms with Crippen LogP contribution < -0.4 is 10.1 Å². The molecule has 154 valence electrons. The number of nitrogens with one attached hydrogen (secondary N) is 1. The summed E-state index contributed by atoms with van der Waals surface area (Å²) in [5, 5.41) is 12.3. The molecule has 3 rings (SSSR count). The lowest BCUT2D eigenvalue weighted by molar-refractivity contribution is -0.112. The molecule has 0 radical (unpaired) electrons. The number of ether oxygens (including phenoxy) is 1. The molecular formula is C21H19N3O4S2. The fourth-order valence-electron chi connectivity index (χ4n) is 2.55. The molecule has 0 unspecified atom stereocenters. The standard InChI is InChI=1S/C21H19N3O4S2/c1-3-10-28-16-6-4-14(5-7-16)11-15(13-22)20(25)24-21-23-18-9-8-17(30(2,26)27)12-19(18)29-21/h4-9,11-12H,3,10H2,1-2H3,(H,23,24,25)/b15-11+. The zero-order valence-corrected chi connectivity index (χ0v) is 18.0. The zero-order chi connectivity index (χ0) is 21.7. The van der Waals surface area contributed by atoms with Crippen molar-refractivity contribution in [3.8, 4) is 11.8 Å². The Labute approximate surface area is 178 Å². The highest BCUT2D eigenvalue weighted by Crippen LogP contribution is 2.28. The van der Waals surface area contributed by atoms with E-state index in [1.54, 1.807) is 30.3 Å². The Morgan fingerprint density at radius 3 is 2.63 bits per heavy atom. The summed E-state index contributed by atoms with van der Waals surface area (Å²) in [5.41, 5.74) is 1.17. The van der Waals surface area contributed by atoms with Gasteiger partial charge in [-0.15, -0.1) is 0 Å². The minimum absolute atomic E-state index is 0.0756. The number of sulfone groups is 1. The monoisotopic (exact) mass is 441 g/mol. The molecular weight excluding hydrogens is 422 g/mol. The summed E-state index contributed by atoms with van der Waals surface area (Å²) in [5.74, 6) is 0.131. The van der Waals surface area contributed by atoms with Crippen LogP contribution >= 0.6 is 11.3 Å². The number of rotatable bonds is 7. The van der Waals surface area contributed by atoms with Crippen molar-refractivity contribution in [3.05, 3.63) is 53.6 Å². The first kappa shape index (κ1) is 21.5. The molecule has 0 spiro atoms. The molecule has 0 saturated carbocycles. The van der Waals surface area contributed by atoms with Crippen LogP contribution in [-0.2, 0) is 14.6 Å². The molecule has 0 bridgehead atoms. The number of anilines is 1. The van der Waals surface area contributed by atoms with Gasteiger partial charge in [-0.3, -0.25) is 10.1 Å². The molecule has 9 heteroatoms. The third-order valence-electron chi connectivity index (χ3n) is 4.04. The number of carbonyl (C=O) groups excluding carboxylic acids is 1. The van der Waals surface area contributed by atoms with Crippen LogP contribution in [0.25, 0.3) is 16.3 Å². The summed E-state index contributed by atoms with van der Waals surface area (Å²) in [6.45, 7) is 2.64. The number of carbonyl (C=O) groups is 1. The average molecular weight is 442 g/mol. The third kappa shape index (κ3) is 5.23. The Hall–Kier alpha value is -3.22. The minimum Gasteiger partial charge on any atom is -0.494 e. The summed E-state index contributed by atoms with van der Waals surface area (Å²) < 4.78 is 29.5. The normalized spacial score (nSPS) is 11.8. The first-order valence-corrected chi connectivity index (χ1v) is 11.8. The van der Waals surface area contributed by atoms with E-state index in [0.29, 0.717) is 22.4 Å². The summed E-state index contributed by atoms with van der Waals surface area (Å²) >= 11 is 1.14. The molecule has 3 aromatic rings. The molecule has 30 heavy (non-hydrogen) atoms. The van der Waals surface area contributed by atoms with E-state index in [1.807, 2.05) is 13.0 Å². The molecule has 1 amide bonds. The molecule has 1 N–H and O–H groups in total. The molecule has 0 fully saturated rings. The van der Waals surface area contributed by atoms with Gasteiger partial charge in [-0.05, 0) is 48.4 Å². The number of benzene rings is 2. The number of thiazole rings is 1. The molecule has 0 aliphatic rings. The van der Waals surface area contributed by atoms with Gasteiger partial charge in [0.1, 0.15) is 17.4 Å². The second kappa shape index (κ2) is 9.07. The van der Waals surface area contributed by atoms with Gasteiger partial charge in [-0.1, -0.05) is 30.4 Å². The Bertz CT molecular complexity index is 1250. The molecule has 0 saturated heterocycles. The number of aromatic nitrogens is 1. The van der Waals surface area contributed by atoms with E-state index >= 15 is 0 Å². The second-order valence-corrected chi connectivity index (χ2v) is 9.51. The van der Waals surface area contributed by atoms with Gasteiger partial charge in [0.25, 0.3) is 5.91 Å². The quantitative estimate of drug-likeness (QED) is 0.438. The summed E-state index contributed by atoms with van der Waals surface area (Å²) in [4.78, 5) is 17.0. The molecule has 1 aromatic heterocycles. The van der Waals surface area contributed by atoms with Crippen molar-refractivity contribution in [2.45, 2.75) is 18.2 Å². The molecule has 0 atom stereocenters. The van der Waals surface area contributed by atoms with Gasteiger partial charge in [0.15, 0.2) is 15.0 Å². The molecule has 2 aromatic carbocycles. The van der Waals surface area contributed by atoms with Crippen LogP contribution in [0.4, 0.5) is 5.13 Å². The fourth-order valence-corrected chi connectivity index (χ4v) is 4.17. The average Bonchev–Trinajstić information content (AvgIpc) is 3.12. The maximum Gasteiger partial charge on any atom is 0.268 e. The Morgan fingerprint density at radius 2 is 2.00 bits per heavy atom. The van der Waals surface area contributed by atoms with E-state index < -0.39 is 15.7 Å². The lowest BCUT2D eigenvalue weighted by Crippen LogP contribution is -2.13. The predicted molar refractivity (Wildman–Crippen MR) is 117 cm³/mol. The van der Waals surface area contributed by atoms with Crippen molar-refractivity contribution < 1.29 is 17.9 Å². The maximum atomic E-state index is 12.5. The van der Waals surface area contributed by atoms with Gasteiger partial charge in [-0.25, -0.2) is 13.4 Å². The van der Waals surface area contributed by atoms with E-state index in [-0.39, 0.29) is 15.6 Å². The number of amides is 1. The van der Waals surface area contributed by atoms with E-state index in [1.165, 1.54) is 18.2 Å².